The molecule has 8 heavy (non-hydrogen) atoms. The van der Waals surface area contributed by atoms with Crippen LogP contribution >= 0.6 is 22.6 Å². The van der Waals surface area contributed by atoms with E-state index in [1.165, 1.54) is 0 Å². The van der Waals surface area contributed by atoms with Gasteiger partial charge in [-0.15, -0.1) is 0 Å². The summed E-state index contributed by atoms with van der Waals surface area (Å²) in [6, 6.07) is 0. The summed E-state index contributed by atoms with van der Waals surface area (Å²) in [4.78, 5) is 0. The minimum atomic E-state index is 0.403. The van der Waals surface area contributed by atoms with Crippen molar-refractivity contribution < 1.29 is 0 Å². The van der Waals surface area contributed by atoms with E-state index in [0.29, 0.717) is 4.05 Å². The summed E-state index contributed by atoms with van der Waals surface area (Å²) in [7, 11) is 0. The van der Waals surface area contributed by atoms with Crippen LogP contribution in [0.3, 0.4) is 0 Å². The van der Waals surface area contributed by atoms with E-state index in [0.717, 1.165) is 5.70 Å². The van der Waals surface area contributed by atoms with E-state index in [4.69, 9.17) is 5.73 Å². The molecule has 0 fully saturated rings. The van der Waals surface area contributed by atoms with Crippen molar-refractivity contribution in [1.29, 1.82) is 0 Å². The van der Waals surface area contributed by atoms with Gasteiger partial charge in [0.1, 0.15) is 0 Å². The van der Waals surface area contributed by atoms with Crippen molar-refractivity contribution in [2.24, 2.45) is 5.73 Å². The van der Waals surface area contributed by atoms with Crippen LogP contribution in [-0.4, -0.2) is 4.05 Å². The molecule has 0 aromatic carbocycles. The van der Waals surface area contributed by atoms with Gasteiger partial charge in [0, 0.05) is 11.9 Å². The summed E-state index contributed by atoms with van der Waals surface area (Å²) in [5, 5.41) is 3.04. The summed E-state index contributed by atoms with van der Waals surface area (Å²) >= 11 is 2.27. The number of alkyl halides is 1. The molecule has 0 saturated carbocycles. The molecule has 0 radical (unpaired) electrons. The number of rotatable bonds is 0. The van der Waals surface area contributed by atoms with E-state index in [1.54, 1.807) is 6.20 Å². The molecular weight excluding hydrogens is 215 g/mol. The van der Waals surface area contributed by atoms with E-state index < -0.39 is 0 Å². The zero-order chi connectivity index (χ0) is 5.98. The largest absolute Gasteiger partial charge is 0.398 e. The Bertz CT molecular complexity index is 139. The standard InChI is InChI=1S/C5H7IN2/c6-5-2-1-4(7)3-8-5/h1-3,5,8H,7H2. The van der Waals surface area contributed by atoms with Crippen LogP contribution in [0.25, 0.3) is 0 Å². The first kappa shape index (κ1) is 5.94. The van der Waals surface area contributed by atoms with Gasteiger partial charge in [-0.2, -0.15) is 0 Å². The molecule has 1 atom stereocenters. The Balaban J connectivity index is 2.58. The molecule has 1 rings (SSSR count). The Labute approximate surface area is 62.0 Å². The first-order chi connectivity index (χ1) is 3.79. The topological polar surface area (TPSA) is 38.0 Å². The molecule has 0 aromatic rings. The highest BCUT2D eigenvalue weighted by molar-refractivity contribution is 14.1. The van der Waals surface area contributed by atoms with Crippen LogP contribution in [0.2, 0.25) is 0 Å². The van der Waals surface area contributed by atoms with E-state index in [-0.39, 0.29) is 0 Å². The van der Waals surface area contributed by atoms with Crippen molar-refractivity contribution in [3.05, 3.63) is 24.0 Å². The third-order valence-corrected chi connectivity index (χ3v) is 1.64. The fourth-order valence-corrected chi connectivity index (χ4v) is 0.862. The van der Waals surface area contributed by atoms with E-state index in [2.05, 4.69) is 27.9 Å². The van der Waals surface area contributed by atoms with Gasteiger partial charge in [-0.3, -0.25) is 0 Å². The molecular formula is C5H7IN2. The highest BCUT2D eigenvalue weighted by Crippen LogP contribution is 2.03. The minimum Gasteiger partial charge on any atom is -0.398 e. The maximum Gasteiger partial charge on any atom is 0.0967 e. The van der Waals surface area contributed by atoms with E-state index >= 15 is 0 Å². The number of hydrogen-bond donors (Lipinski definition) is 2. The van der Waals surface area contributed by atoms with Crippen molar-refractivity contribution in [1.82, 2.24) is 5.32 Å². The van der Waals surface area contributed by atoms with Crippen molar-refractivity contribution in [2.75, 3.05) is 0 Å². The van der Waals surface area contributed by atoms with Crippen LogP contribution in [-0.2, 0) is 0 Å². The number of dihydropyridines is 1. The Morgan fingerprint density at radius 2 is 2.50 bits per heavy atom. The Kier molecular flexibility index (Phi) is 1.77. The molecule has 2 nitrogen and oxygen atoms in total. The first-order valence-electron chi connectivity index (χ1n) is 2.33. The number of halogens is 1. The van der Waals surface area contributed by atoms with Crippen LogP contribution < -0.4 is 11.1 Å². The number of nitrogens with two attached hydrogens (primary N) is 1. The van der Waals surface area contributed by atoms with Crippen molar-refractivity contribution in [3.63, 3.8) is 0 Å². The number of nitrogens with one attached hydrogen (secondary N) is 1. The summed E-state index contributed by atoms with van der Waals surface area (Å²) < 4.78 is 0.403. The van der Waals surface area contributed by atoms with Gasteiger partial charge in [0.05, 0.1) is 4.05 Å². The molecule has 44 valence electrons. The van der Waals surface area contributed by atoms with Gasteiger partial charge >= 0.3 is 0 Å². The third-order valence-electron chi connectivity index (χ3n) is 0.867. The zero-order valence-electron chi connectivity index (χ0n) is 4.26. The lowest BCUT2D eigenvalue weighted by Crippen LogP contribution is -2.19. The van der Waals surface area contributed by atoms with Gasteiger partial charge in [-0.1, -0.05) is 28.7 Å². The maximum absolute atomic E-state index is 5.41. The predicted molar refractivity (Wildman–Crippen MR) is 42.4 cm³/mol. The highest BCUT2D eigenvalue weighted by atomic mass is 127. The van der Waals surface area contributed by atoms with Crippen LogP contribution in [0, 0.1) is 0 Å². The van der Waals surface area contributed by atoms with E-state index in [1.807, 2.05) is 12.2 Å². The minimum absolute atomic E-state index is 0.403. The van der Waals surface area contributed by atoms with Crippen molar-refractivity contribution in [3.8, 4) is 0 Å². The molecule has 0 amide bonds. The quantitative estimate of drug-likeness (QED) is 0.360. The molecule has 0 spiro atoms. The monoisotopic (exact) mass is 222 g/mol. The molecule has 0 saturated heterocycles. The van der Waals surface area contributed by atoms with Gasteiger partial charge in [-0.25, -0.2) is 0 Å². The van der Waals surface area contributed by atoms with Crippen LogP contribution in [0.1, 0.15) is 0 Å². The highest BCUT2D eigenvalue weighted by Gasteiger charge is 1.97. The summed E-state index contributed by atoms with van der Waals surface area (Å²) in [5.41, 5.74) is 6.20. The average molecular weight is 222 g/mol. The number of hydrogen-bond acceptors (Lipinski definition) is 2. The Hall–Kier alpha value is -0.190. The third kappa shape index (κ3) is 1.40. The number of allylic oxidation sites excluding steroid dienone is 1. The normalized spacial score (nSPS) is 26.6. The summed E-state index contributed by atoms with van der Waals surface area (Å²) in [5.74, 6) is 0. The first-order valence-corrected chi connectivity index (χ1v) is 3.57. The SMILES string of the molecule is NC1=CNC(I)C=C1. The second-order valence-electron chi connectivity index (χ2n) is 1.57. The lowest BCUT2D eigenvalue weighted by Gasteiger charge is -2.09. The molecule has 1 heterocycles. The average Bonchev–Trinajstić information content (AvgIpc) is 1.77. The summed E-state index contributed by atoms with van der Waals surface area (Å²) in [6.45, 7) is 0. The Morgan fingerprint density at radius 3 is 2.88 bits per heavy atom. The maximum atomic E-state index is 5.41. The second-order valence-corrected chi connectivity index (χ2v) is 2.91. The molecule has 1 aliphatic heterocycles. The molecule has 0 bridgehead atoms. The lowest BCUT2D eigenvalue weighted by molar-refractivity contribution is 0.923. The molecule has 0 aromatic heterocycles. The van der Waals surface area contributed by atoms with Gasteiger partial charge < -0.3 is 11.1 Å². The van der Waals surface area contributed by atoms with Crippen molar-refractivity contribution >= 4 is 22.6 Å². The van der Waals surface area contributed by atoms with Crippen LogP contribution in [0.5, 0.6) is 0 Å². The van der Waals surface area contributed by atoms with E-state index in [9.17, 15) is 0 Å². The molecule has 0 aliphatic carbocycles. The summed E-state index contributed by atoms with van der Waals surface area (Å²) in [6.07, 6.45) is 5.71. The lowest BCUT2D eigenvalue weighted by atomic mass is 10.3. The molecule has 3 N–H and O–H groups in total. The Morgan fingerprint density at radius 1 is 1.75 bits per heavy atom. The fraction of sp³-hybridized carbons (Fsp3) is 0.200. The van der Waals surface area contributed by atoms with Gasteiger partial charge in [0.25, 0.3) is 0 Å². The molecule has 1 aliphatic rings. The smallest absolute Gasteiger partial charge is 0.0967 e. The van der Waals surface area contributed by atoms with Gasteiger partial charge in [0.2, 0.25) is 0 Å². The van der Waals surface area contributed by atoms with Gasteiger partial charge in [0.15, 0.2) is 0 Å². The zero-order valence-corrected chi connectivity index (χ0v) is 6.42. The molecule has 3 heteroatoms. The fourth-order valence-electron chi connectivity index (χ4n) is 0.475. The molecule has 1 unspecified atom stereocenters. The van der Waals surface area contributed by atoms with Crippen molar-refractivity contribution in [2.45, 2.75) is 4.05 Å². The predicted octanol–water partition coefficient (Wildman–Crippen LogP) is 0.707. The van der Waals surface area contributed by atoms with Crippen LogP contribution in [0.15, 0.2) is 24.0 Å². The second kappa shape index (κ2) is 2.39. The van der Waals surface area contributed by atoms with Gasteiger partial charge in [-0.05, 0) is 6.08 Å². The van der Waals surface area contributed by atoms with Crippen LogP contribution in [0.4, 0.5) is 0 Å².